The number of carbonyl (C=O) groups is 2. The fourth-order valence-electron chi connectivity index (χ4n) is 9.02. The van der Waals surface area contributed by atoms with Crippen molar-refractivity contribution >= 4 is 11.9 Å². The Bertz CT molecular complexity index is 955. The Hall–Kier alpha value is -1.40. The third-order valence-corrected chi connectivity index (χ3v) is 13.3. The summed E-state index contributed by atoms with van der Waals surface area (Å²) in [5.41, 5.74) is 0. The number of aliphatic hydroxyl groups is 2. The molecule has 6 heteroatoms. The molecule has 63 heavy (non-hydrogen) atoms. The van der Waals surface area contributed by atoms with Crippen LogP contribution in [0.3, 0.4) is 0 Å². The number of aliphatic hydroxyl groups excluding tert-OH is 2. The average Bonchev–Trinajstić information content (AvgIpc) is 3.28. The first-order valence-electron chi connectivity index (χ1n) is 28.4. The van der Waals surface area contributed by atoms with Crippen molar-refractivity contribution in [3.8, 4) is 0 Å². The Kier molecular flexibility index (Phi) is 50.4. The largest absolute Gasteiger partial charge is 0.462 e. The van der Waals surface area contributed by atoms with Gasteiger partial charge in [0.25, 0.3) is 0 Å². The minimum atomic E-state index is -0.786. The molecule has 3 atom stereocenters. The molecule has 0 aliphatic carbocycles. The molecule has 0 bridgehead atoms. The van der Waals surface area contributed by atoms with Crippen molar-refractivity contribution in [2.45, 2.75) is 334 Å². The van der Waals surface area contributed by atoms with Crippen molar-refractivity contribution in [1.82, 2.24) is 5.32 Å². The van der Waals surface area contributed by atoms with E-state index in [1.807, 2.05) is 0 Å². The van der Waals surface area contributed by atoms with E-state index in [1.165, 1.54) is 212 Å². The molecule has 0 heterocycles. The molecule has 0 radical (unpaired) electrons. The van der Waals surface area contributed by atoms with E-state index in [-0.39, 0.29) is 24.9 Å². The van der Waals surface area contributed by atoms with Gasteiger partial charge < -0.3 is 20.3 Å². The molecule has 0 rings (SSSR count). The number of rotatable bonds is 52. The predicted octanol–water partition coefficient (Wildman–Crippen LogP) is 17.3. The number of unbranched alkanes of at least 4 members (excludes halogenated alkanes) is 38. The first-order chi connectivity index (χ1) is 31.0. The van der Waals surface area contributed by atoms with Crippen LogP contribution >= 0.6 is 0 Å². The average molecular weight is 891 g/mol. The normalized spacial score (nSPS) is 13.2. The van der Waals surface area contributed by atoms with Gasteiger partial charge in [-0.1, -0.05) is 264 Å². The van der Waals surface area contributed by atoms with Crippen LogP contribution in [0.1, 0.15) is 316 Å². The zero-order chi connectivity index (χ0) is 45.9. The van der Waals surface area contributed by atoms with Gasteiger partial charge in [-0.25, -0.2) is 0 Å². The number of hydrogen-bond acceptors (Lipinski definition) is 5. The van der Waals surface area contributed by atoms with Crippen LogP contribution in [0.25, 0.3) is 0 Å². The summed E-state index contributed by atoms with van der Waals surface area (Å²) in [4.78, 5) is 26.2. The number of hydrogen-bond donors (Lipinski definition) is 3. The zero-order valence-corrected chi connectivity index (χ0v) is 42.7. The summed E-state index contributed by atoms with van der Waals surface area (Å²) in [6, 6.07) is -0.700. The first-order valence-corrected chi connectivity index (χ1v) is 28.4. The quantitative estimate of drug-likeness (QED) is 0.0321. The molecule has 1 amide bonds. The van der Waals surface area contributed by atoms with E-state index >= 15 is 0 Å². The number of amides is 1. The second-order valence-electron chi connectivity index (χ2n) is 19.7. The number of esters is 1. The number of ether oxygens (including phenoxy) is 1. The molecule has 0 aromatic rings. The van der Waals surface area contributed by atoms with Crippen LogP contribution in [0.2, 0.25) is 0 Å². The minimum Gasteiger partial charge on any atom is -0.462 e. The summed E-state index contributed by atoms with van der Waals surface area (Å²) in [7, 11) is 0. The van der Waals surface area contributed by atoms with E-state index < -0.39 is 18.2 Å². The summed E-state index contributed by atoms with van der Waals surface area (Å²) in [6.07, 6.45) is 58.5. The molecule has 0 fully saturated rings. The maximum Gasteiger partial charge on any atom is 0.306 e. The van der Waals surface area contributed by atoms with Crippen molar-refractivity contribution in [1.29, 1.82) is 0 Å². The van der Waals surface area contributed by atoms with Gasteiger partial charge >= 0.3 is 5.97 Å². The van der Waals surface area contributed by atoms with Gasteiger partial charge in [0.15, 0.2) is 0 Å². The fraction of sp³-hybridized carbons (Fsp3) is 0.930. The molecule has 3 unspecified atom stereocenters. The van der Waals surface area contributed by atoms with E-state index in [0.29, 0.717) is 19.3 Å². The minimum absolute atomic E-state index is 0.0746. The van der Waals surface area contributed by atoms with Crippen LogP contribution in [0.4, 0.5) is 0 Å². The van der Waals surface area contributed by atoms with Crippen molar-refractivity contribution in [3.63, 3.8) is 0 Å². The van der Waals surface area contributed by atoms with Gasteiger partial charge in [0.2, 0.25) is 5.91 Å². The monoisotopic (exact) mass is 890 g/mol. The Morgan fingerprint density at radius 3 is 1.14 bits per heavy atom. The van der Waals surface area contributed by atoms with Crippen molar-refractivity contribution in [2.24, 2.45) is 0 Å². The van der Waals surface area contributed by atoms with Crippen molar-refractivity contribution < 1.29 is 24.5 Å². The van der Waals surface area contributed by atoms with Crippen LogP contribution in [-0.4, -0.2) is 46.9 Å². The van der Waals surface area contributed by atoms with Crippen LogP contribution in [0.15, 0.2) is 12.2 Å². The Balaban J connectivity index is 4.54. The standard InChI is InChI=1S/C57H111NO5/c1-4-7-10-13-16-19-22-25-28-29-30-33-36-39-42-45-48-53(63-57(62)50-47-44-41-38-35-32-27-24-21-18-15-12-9-6-3)51-56(61)58-54(52-59)55(60)49-46-43-40-37-34-31-26-23-20-17-14-11-8-5-2/h30,33,53-55,59-60H,4-29,31-32,34-52H2,1-3H3,(H,58,61)/b33-30+. The SMILES string of the molecule is CCCCCCCCCCC/C=C/CCCCCC(CC(=O)NC(CO)C(O)CCCCCCCCCCCCCCCC)OC(=O)CCCCCCCCCCCCCCCC. The molecule has 0 saturated heterocycles. The van der Waals surface area contributed by atoms with E-state index in [0.717, 1.165) is 57.8 Å². The molecule has 0 aliphatic heterocycles. The fourth-order valence-corrected chi connectivity index (χ4v) is 9.02. The maximum atomic E-state index is 13.2. The lowest BCUT2D eigenvalue weighted by Crippen LogP contribution is -2.46. The highest BCUT2D eigenvalue weighted by molar-refractivity contribution is 5.77. The van der Waals surface area contributed by atoms with E-state index in [2.05, 4.69) is 38.2 Å². The zero-order valence-electron chi connectivity index (χ0n) is 42.7. The first kappa shape index (κ1) is 61.6. The van der Waals surface area contributed by atoms with E-state index in [4.69, 9.17) is 4.74 Å². The Morgan fingerprint density at radius 2 is 0.762 bits per heavy atom. The Morgan fingerprint density at radius 1 is 0.444 bits per heavy atom. The van der Waals surface area contributed by atoms with E-state index in [9.17, 15) is 19.8 Å². The summed E-state index contributed by atoms with van der Waals surface area (Å²) < 4.78 is 5.95. The van der Waals surface area contributed by atoms with Crippen LogP contribution < -0.4 is 5.32 Å². The van der Waals surface area contributed by atoms with Crippen LogP contribution in [-0.2, 0) is 14.3 Å². The lowest BCUT2D eigenvalue weighted by molar-refractivity contribution is -0.151. The predicted molar refractivity (Wildman–Crippen MR) is 273 cm³/mol. The summed E-state index contributed by atoms with van der Waals surface area (Å²) in [6.45, 7) is 6.52. The Labute approximate surface area is 393 Å². The highest BCUT2D eigenvalue weighted by atomic mass is 16.5. The third kappa shape index (κ3) is 46.9. The molecule has 6 nitrogen and oxygen atoms in total. The molecule has 0 spiro atoms. The summed E-state index contributed by atoms with van der Waals surface area (Å²) in [5, 5.41) is 23.9. The summed E-state index contributed by atoms with van der Waals surface area (Å²) in [5.74, 6) is -0.467. The third-order valence-electron chi connectivity index (χ3n) is 13.3. The molecule has 0 aliphatic rings. The molecule has 0 aromatic heterocycles. The maximum absolute atomic E-state index is 13.2. The molecule has 0 saturated carbocycles. The number of nitrogens with one attached hydrogen (secondary N) is 1. The molecule has 374 valence electrons. The molecular weight excluding hydrogens is 779 g/mol. The molecular formula is C57H111NO5. The van der Waals surface area contributed by atoms with Gasteiger partial charge in [0, 0.05) is 6.42 Å². The van der Waals surface area contributed by atoms with Gasteiger partial charge in [0.1, 0.15) is 6.10 Å². The van der Waals surface area contributed by atoms with E-state index in [1.54, 1.807) is 0 Å². The summed E-state index contributed by atoms with van der Waals surface area (Å²) >= 11 is 0. The van der Waals surface area contributed by atoms with Gasteiger partial charge in [-0.2, -0.15) is 0 Å². The second-order valence-corrected chi connectivity index (χ2v) is 19.7. The van der Waals surface area contributed by atoms with Gasteiger partial charge in [-0.3, -0.25) is 9.59 Å². The van der Waals surface area contributed by atoms with Gasteiger partial charge in [0.05, 0.1) is 25.2 Å². The smallest absolute Gasteiger partial charge is 0.306 e. The van der Waals surface area contributed by atoms with Crippen molar-refractivity contribution in [2.75, 3.05) is 6.61 Å². The lowest BCUT2D eigenvalue weighted by Gasteiger charge is -2.24. The molecule has 0 aromatic carbocycles. The van der Waals surface area contributed by atoms with Gasteiger partial charge in [-0.05, 0) is 51.4 Å². The highest BCUT2D eigenvalue weighted by Gasteiger charge is 2.24. The lowest BCUT2D eigenvalue weighted by atomic mass is 10.0. The highest BCUT2D eigenvalue weighted by Crippen LogP contribution is 2.19. The number of allylic oxidation sites excluding steroid dienone is 2. The van der Waals surface area contributed by atoms with Gasteiger partial charge in [-0.15, -0.1) is 0 Å². The number of carbonyl (C=O) groups excluding carboxylic acids is 2. The van der Waals surface area contributed by atoms with Crippen LogP contribution in [0.5, 0.6) is 0 Å². The topological polar surface area (TPSA) is 95.9 Å². The van der Waals surface area contributed by atoms with Crippen LogP contribution in [0, 0.1) is 0 Å². The molecule has 3 N–H and O–H groups in total. The van der Waals surface area contributed by atoms with Crippen molar-refractivity contribution in [3.05, 3.63) is 12.2 Å². The second kappa shape index (κ2) is 51.6.